The van der Waals surface area contributed by atoms with Crippen molar-refractivity contribution in [2.45, 2.75) is 25.7 Å². The summed E-state index contributed by atoms with van der Waals surface area (Å²) in [6.07, 6.45) is 4.86. The molecule has 2 N–H and O–H groups in total. The lowest BCUT2D eigenvalue weighted by Crippen LogP contribution is -2.27. The first-order chi connectivity index (χ1) is 9.31. The summed E-state index contributed by atoms with van der Waals surface area (Å²) < 4.78 is 0. The van der Waals surface area contributed by atoms with Crippen LogP contribution in [-0.4, -0.2) is 16.1 Å². The van der Waals surface area contributed by atoms with Crippen molar-refractivity contribution in [3.8, 4) is 0 Å². The number of hydrogen-bond donors (Lipinski definition) is 2. The molecule has 0 saturated heterocycles. The fourth-order valence-corrected chi connectivity index (χ4v) is 3.83. The van der Waals surface area contributed by atoms with Crippen LogP contribution in [0.4, 0.5) is 5.82 Å². The molecule has 0 aliphatic heterocycles. The van der Waals surface area contributed by atoms with E-state index in [0.717, 1.165) is 23.2 Å². The van der Waals surface area contributed by atoms with Crippen LogP contribution < -0.4 is 5.32 Å². The molecule has 3 atom stereocenters. The van der Waals surface area contributed by atoms with Gasteiger partial charge in [0.05, 0.1) is 5.52 Å². The average molecular weight is 255 g/mol. The molecule has 2 saturated carbocycles. The number of aromatic amines is 1. The molecular weight excluding hydrogens is 238 g/mol. The highest BCUT2D eigenvalue weighted by molar-refractivity contribution is 6.00. The number of nitrogens with zero attached hydrogens (tertiary/aromatic N) is 1. The van der Waals surface area contributed by atoms with Crippen molar-refractivity contribution in [2.24, 2.45) is 17.8 Å². The molecule has 2 bridgehead atoms. The van der Waals surface area contributed by atoms with Gasteiger partial charge in [-0.1, -0.05) is 18.6 Å². The Bertz CT molecular complexity index is 633. The Hall–Kier alpha value is -1.84. The number of carbonyl (C=O) groups excluding carboxylic acids is 1. The number of nitrogens with one attached hydrogen (secondary N) is 2. The minimum absolute atomic E-state index is 0.157. The minimum Gasteiger partial charge on any atom is -0.308 e. The Balaban J connectivity index is 1.56. The van der Waals surface area contributed by atoms with Gasteiger partial charge in [-0.05, 0) is 43.2 Å². The van der Waals surface area contributed by atoms with E-state index in [1.54, 1.807) is 0 Å². The van der Waals surface area contributed by atoms with Crippen molar-refractivity contribution in [3.05, 3.63) is 24.3 Å². The molecular formula is C15H17N3O. The van der Waals surface area contributed by atoms with E-state index in [4.69, 9.17) is 0 Å². The lowest BCUT2D eigenvalue weighted by atomic mass is 9.88. The number of carbonyl (C=O) groups is 1. The first-order valence-corrected chi connectivity index (χ1v) is 7.05. The molecule has 0 radical (unpaired) electrons. The van der Waals surface area contributed by atoms with Crippen molar-refractivity contribution in [3.63, 3.8) is 0 Å². The molecule has 1 aromatic heterocycles. The van der Waals surface area contributed by atoms with E-state index in [9.17, 15) is 4.79 Å². The van der Waals surface area contributed by atoms with E-state index in [0.29, 0.717) is 11.7 Å². The average Bonchev–Trinajstić information content (AvgIpc) is 3.14. The fourth-order valence-electron chi connectivity index (χ4n) is 3.83. The SMILES string of the molecule is O=C(Nc1n[nH]c2ccccc12)C1CC2CCC1C2. The maximum Gasteiger partial charge on any atom is 0.228 e. The third-order valence-corrected chi connectivity index (χ3v) is 4.79. The maximum atomic E-state index is 12.4. The van der Waals surface area contributed by atoms with Gasteiger partial charge in [-0.25, -0.2) is 0 Å². The summed E-state index contributed by atoms with van der Waals surface area (Å²) in [5.74, 6) is 2.42. The smallest absolute Gasteiger partial charge is 0.228 e. The number of H-pyrrole nitrogens is 1. The zero-order chi connectivity index (χ0) is 12.8. The number of benzene rings is 1. The summed E-state index contributed by atoms with van der Waals surface area (Å²) in [4.78, 5) is 12.4. The van der Waals surface area contributed by atoms with Crippen LogP contribution in [0.1, 0.15) is 25.7 Å². The van der Waals surface area contributed by atoms with Crippen LogP contribution in [0.3, 0.4) is 0 Å². The third-order valence-electron chi connectivity index (χ3n) is 4.79. The van der Waals surface area contributed by atoms with Crippen LogP contribution in [0.15, 0.2) is 24.3 Å². The maximum absolute atomic E-state index is 12.4. The minimum atomic E-state index is 0.157. The highest BCUT2D eigenvalue weighted by Gasteiger charge is 2.43. The van der Waals surface area contributed by atoms with Crippen molar-refractivity contribution in [1.29, 1.82) is 0 Å². The number of anilines is 1. The first-order valence-electron chi connectivity index (χ1n) is 7.05. The van der Waals surface area contributed by atoms with Gasteiger partial charge in [-0.2, -0.15) is 5.10 Å². The Morgan fingerprint density at radius 2 is 2.16 bits per heavy atom. The molecule has 4 nitrogen and oxygen atoms in total. The van der Waals surface area contributed by atoms with Crippen LogP contribution in [0.5, 0.6) is 0 Å². The summed E-state index contributed by atoms with van der Waals surface area (Å²) in [6, 6.07) is 7.87. The molecule has 1 heterocycles. The van der Waals surface area contributed by atoms with Crippen molar-refractivity contribution >= 4 is 22.6 Å². The lowest BCUT2D eigenvalue weighted by Gasteiger charge is -2.20. The molecule has 1 aromatic carbocycles. The molecule has 0 spiro atoms. The van der Waals surface area contributed by atoms with Crippen LogP contribution in [0, 0.1) is 17.8 Å². The highest BCUT2D eigenvalue weighted by Crippen LogP contribution is 2.48. The Morgan fingerprint density at radius 3 is 2.95 bits per heavy atom. The Kier molecular flexibility index (Phi) is 2.37. The van der Waals surface area contributed by atoms with Crippen molar-refractivity contribution in [1.82, 2.24) is 10.2 Å². The number of para-hydroxylation sites is 1. The monoisotopic (exact) mass is 255 g/mol. The van der Waals surface area contributed by atoms with Gasteiger partial charge in [0.1, 0.15) is 0 Å². The zero-order valence-corrected chi connectivity index (χ0v) is 10.7. The second-order valence-electron chi connectivity index (χ2n) is 5.89. The van der Waals surface area contributed by atoms with Gasteiger partial charge in [-0.3, -0.25) is 9.89 Å². The largest absolute Gasteiger partial charge is 0.308 e. The summed E-state index contributed by atoms with van der Waals surface area (Å²) in [7, 11) is 0. The predicted octanol–water partition coefficient (Wildman–Crippen LogP) is 2.94. The summed E-state index contributed by atoms with van der Waals surface area (Å²) >= 11 is 0. The van der Waals surface area contributed by atoms with Gasteiger partial charge in [0.25, 0.3) is 0 Å². The summed E-state index contributed by atoms with van der Waals surface area (Å²) in [5.41, 5.74) is 0.964. The third kappa shape index (κ3) is 1.74. The summed E-state index contributed by atoms with van der Waals surface area (Å²) in [6.45, 7) is 0. The molecule has 2 aliphatic carbocycles. The second kappa shape index (κ2) is 4.08. The number of rotatable bonds is 2. The second-order valence-corrected chi connectivity index (χ2v) is 5.89. The van der Waals surface area contributed by atoms with E-state index in [2.05, 4.69) is 15.5 Å². The number of hydrogen-bond acceptors (Lipinski definition) is 2. The molecule has 2 aromatic rings. The molecule has 4 heteroatoms. The van der Waals surface area contributed by atoms with E-state index in [1.165, 1.54) is 19.3 Å². The molecule has 2 fully saturated rings. The number of fused-ring (bicyclic) bond motifs is 3. The van der Waals surface area contributed by atoms with Crippen molar-refractivity contribution < 1.29 is 4.79 Å². The van der Waals surface area contributed by atoms with Crippen LogP contribution in [0.2, 0.25) is 0 Å². The first kappa shape index (κ1) is 11.0. The molecule has 3 unspecified atom stereocenters. The molecule has 2 aliphatic rings. The standard InChI is InChI=1S/C15H17N3O/c19-15(12-8-9-5-6-10(12)7-9)16-14-11-3-1-2-4-13(11)17-18-14/h1-4,9-10,12H,5-8H2,(H2,16,17,18,19). The molecule has 4 rings (SSSR count). The zero-order valence-electron chi connectivity index (χ0n) is 10.7. The van der Waals surface area contributed by atoms with Gasteiger partial charge in [0.2, 0.25) is 5.91 Å². The predicted molar refractivity (Wildman–Crippen MR) is 73.7 cm³/mol. The lowest BCUT2D eigenvalue weighted by molar-refractivity contribution is -0.121. The molecule has 19 heavy (non-hydrogen) atoms. The van der Waals surface area contributed by atoms with Gasteiger partial charge in [-0.15, -0.1) is 0 Å². The van der Waals surface area contributed by atoms with Gasteiger partial charge < -0.3 is 5.32 Å². The fraction of sp³-hybridized carbons (Fsp3) is 0.467. The Morgan fingerprint density at radius 1 is 1.26 bits per heavy atom. The van der Waals surface area contributed by atoms with E-state index in [-0.39, 0.29) is 11.8 Å². The summed E-state index contributed by atoms with van der Waals surface area (Å²) in [5, 5.41) is 11.2. The highest BCUT2D eigenvalue weighted by atomic mass is 16.2. The molecule has 1 amide bonds. The topological polar surface area (TPSA) is 57.8 Å². The Labute approximate surface area is 111 Å². The number of aromatic nitrogens is 2. The van der Waals surface area contributed by atoms with Crippen LogP contribution in [0.25, 0.3) is 10.9 Å². The normalized spacial score (nSPS) is 28.9. The van der Waals surface area contributed by atoms with E-state index >= 15 is 0 Å². The quantitative estimate of drug-likeness (QED) is 0.866. The molecule has 98 valence electrons. The number of amides is 1. The van der Waals surface area contributed by atoms with Crippen molar-refractivity contribution in [2.75, 3.05) is 5.32 Å². The van der Waals surface area contributed by atoms with E-state index < -0.39 is 0 Å². The van der Waals surface area contributed by atoms with Crippen LogP contribution >= 0.6 is 0 Å². The van der Waals surface area contributed by atoms with E-state index in [1.807, 2.05) is 24.3 Å². The van der Waals surface area contributed by atoms with Gasteiger partial charge >= 0.3 is 0 Å². The van der Waals surface area contributed by atoms with Crippen LogP contribution in [-0.2, 0) is 4.79 Å². The van der Waals surface area contributed by atoms with Gasteiger partial charge in [0.15, 0.2) is 5.82 Å². The van der Waals surface area contributed by atoms with Gasteiger partial charge in [0, 0.05) is 11.3 Å².